The molecule has 33 heavy (non-hydrogen) atoms. The number of carbonyl (C=O) groups excluding carboxylic acids is 1. The van der Waals surface area contributed by atoms with Gasteiger partial charge in [-0.05, 0) is 77.0 Å². The average molecular weight is 508 g/mol. The minimum absolute atomic E-state index is 0.101. The Bertz CT molecular complexity index is 1170. The van der Waals surface area contributed by atoms with Crippen molar-refractivity contribution in [3.05, 3.63) is 93.3 Å². The van der Waals surface area contributed by atoms with Crippen LogP contribution in [0.3, 0.4) is 0 Å². The van der Waals surface area contributed by atoms with Crippen molar-refractivity contribution >= 4 is 27.7 Å². The zero-order valence-electron chi connectivity index (χ0n) is 18.7. The first kappa shape index (κ1) is 22.1. The maximum atomic E-state index is 13.3. The number of hydrogen-bond acceptors (Lipinski definition) is 3. The maximum absolute atomic E-state index is 13.3. The number of hydrogen-bond donors (Lipinski definition) is 0. The molecule has 1 saturated heterocycles. The van der Waals surface area contributed by atoms with Crippen LogP contribution in [0, 0.1) is 12.7 Å². The molecule has 2 aliphatic rings. The van der Waals surface area contributed by atoms with E-state index in [2.05, 4.69) is 51.2 Å². The summed E-state index contributed by atoms with van der Waals surface area (Å²) in [5.41, 5.74) is 4.19. The van der Waals surface area contributed by atoms with Crippen molar-refractivity contribution in [1.82, 2.24) is 9.88 Å². The van der Waals surface area contributed by atoms with Crippen molar-refractivity contribution in [2.24, 2.45) is 0 Å². The van der Waals surface area contributed by atoms with Gasteiger partial charge in [-0.2, -0.15) is 0 Å². The van der Waals surface area contributed by atoms with Crippen LogP contribution >= 0.6 is 15.9 Å². The fraction of sp³-hybridized carbons (Fsp3) is 0.333. The maximum Gasteiger partial charge on any atom is 0.227 e. The smallest absolute Gasteiger partial charge is 0.227 e. The van der Waals surface area contributed by atoms with Crippen LogP contribution in [0.15, 0.2) is 65.1 Å². The molecule has 0 bridgehead atoms. The molecule has 1 aromatic heterocycles. The molecule has 1 atom stereocenters. The number of pyridine rings is 1. The van der Waals surface area contributed by atoms with Crippen molar-refractivity contribution in [3.8, 4) is 0 Å². The SMILES string of the molecule is Cc1nc2c(cc1Br)CCC1(CCN(C(=O)Cc3ccc(F)cc3)C1)N2Cc1ccccc1. The quantitative estimate of drug-likeness (QED) is 0.470. The molecule has 0 N–H and O–H groups in total. The second-order valence-electron chi connectivity index (χ2n) is 9.20. The molecule has 0 radical (unpaired) electrons. The Morgan fingerprint density at radius 2 is 1.85 bits per heavy atom. The molecule has 2 aromatic carbocycles. The predicted molar refractivity (Wildman–Crippen MR) is 132 cm³/mol. The molecule has 4 nitrogen and oxygen atoms in total. The van der Waals surface area contributed by atoms with Crippen molar-refractivity contribution in [2.45, 2.75) is 44.7 Å². The highest BCUT2D eigenvalue weighted by atomic mass is 79.9. The molecule has 1 unspecified atom stereocenters. The van der Waals surface area contributed by atoms with Gasteiger partial charge in [0, 0.05) is 24.1 Å². The third kappa shape index (κ3) is 4.41. The summed E-state index contributed by atoms with van der Waals surface area (Å²) in [5, 5.41) is 0. The van der Waals surface area contributed by atoms with Gasteiger partial charge in [-0.1, -0.05) is 42.5 Å². The van der Waals surface area contributed by atoms with Crippen molar-refractivity contribution in [1.29, 1.82) is 0 Å². The number of rotatable bonds is 4. The van der Waals surface area contributed by atoms with E-state index in [9.17, 15) is 9.18 Å². The molecule has 2 aliphatic heterocycles. The molecule has 0 aliphatic carbocycles. The molecule has 1 spiro atoms. The summed E-state index contributed by atoms with van der Waals surface area (Å²) in [6, 6.07) is 18.9. The highest BCUT2D eigenvalue weighted by molar-refractivity contribution is 9.10. The molecule has 1 amide bonds. The third-order valence-electron chi connectivity index (χ3n) is 7.03. The Labute approximate surface area is 202 Å². The van der Waals surface area contributed by atoms with Gasteiger partial charge in [0.25, 0.3) is 0 Å². The van der Waals surface area contributed by atoms with Gasteiger partial charge in [0.05, 0.1) is 17.7 Å². The standard InChI is InChI=1S/C27H27BrFN3O/c1-19-24(28)16-22-11-12-27(32(26(22)30-19)17-21-5-3-2-4-6-21)13-14-31(18-27)25(33)15-20-7-9-23(29)10-8-20/h2-10,16H,11-15,17-18H2,1H3. The van der Waals surface area contributed by atoms with E-state index in [4.69, 9.17) is 4.98 Å². The van der Waals surface area contributed by atoms with Gasteiger partial charge >= 0.3 is 0 Å². The Morgan fingerprint density at radius 1 is 1.09 bits per heavy atom. The van der Waals surface area contributed by atoms with E-state index >= 15 is 0 Å². The van der Waals surface area contributed by atoms with Crippen LogP contribution in [-0.4, -0.2) is 34.4 Å². The van der Waals surface area contributed by atoms with Crippen LogP contribution in [-0.2, 0) is 24.2 Å². The monoisotopic (exact) mass is 507 g/mol. The number of anilines is 1. The number of carbonyl (C=O) groups is 1. The van der Waals surface area contributed by atoms with E-state index in [1.54, 1.807) is 12.1 Å². The Balaban J connectivity index is 1.43. The Hall–Kier alpha value is -2.73. The number of fused-ring (bicyclic) bond motifs is 1. The molecule has 5 rings (SSSR count). The van der Waals surface area contributed by atoms with Gasteiger partial charge in [-0.25, -0.2) is 9.37 Å². The summed E-state index contributed by atoms with van der Waals surface area (Å²) in [4.78, 5) is 22.6. The lowest BCUT2D eigenvalue weighted by atomic mass is 9.84. The van der Waals surface area contributed by atoms with E-state index in [1.165, 1.54) is 23.3 Å². The van der Waals surface area contributed by atoms with Crippen molar-refractivity contribution < 1.29 is 9.18 Å². The highest BCUT2D eigenvalue weighted by Gasteiger charge is 2.47. The van der Waals surface area contributed by atoms with Crippen molar-refractivity contribution in [3.63, 3.8) is 0 Å². The normalized spacial score (nSPS) is 19.7. The minimum atomic E-state index is -0.279. The molecule has 3 heterocycles. The second kappa shape index (κ2) is 8.90. The van der Waals surface area contributed by atoms with E-state index in [-0.39, 0.29) is 17.3 Å². The summed E-state index contributed by atoms with van der Waals surface area (Å²) in [6.45, 7) is 4.22. The fourth-order valence-electron chi connectivity index (χ4n) is 5.14. The molecular weight excluding hydrogens is 481 g/mol. The Kier molecular flexibility index (Phi) is 5.95. The van der Waals surface area contributed by atoms with Crippen LogP contribution < -0.4 is 4.90 Å². The topological polar surface area (TPSA) is 36.4 Å². The predicted octanol–water partition coefficient (Wildman–Crippen LogP) is 5.46. The minimum Gasteiger partial charge on any atom is -0.345 e. The summed E-state index contributed by atoms with van der Waals surface area (Å²) < 4.78 is 14.3. The summed E-state index contributed by atoms with van der Waals surface area (Å²) in [5.74, 6) is 0.862. The second-order valence-corrected chi connectivity index (χ2v) is 10.1. The van der Waals surface area contributed by atoms with Gasteiger partial charge in [0.15, 0.2) is 0 Å². The number of amides is 1. The summed E-state index contributed by atoms with van der Waals surface area (Å²) in [6.07, 6.45) is 3.16. The molecule has 3 aromatic rings. The largest absolute Gasteiger partial charge is 0.345 e. The van der Waals surface area contributed by atoms with E-state index < -0.39 is 0 Å². The fourth-order valence-corrected chi connectivity index (χ4v) is 5.51. The first-order valence-corrected chi connectivity index (χ1v) is 12.2. The number of benzene rings is 2. The Morgan fingerprint density at radius 3 is 2.61 bits per heavy atom. The summed E-state index contributed by atoms with van der Waals surface area (Å²) in [7, 11) is 0. The summed E-state index contributed by atoms with van der Waals surface area (Å²) >= 11 is 3.64. The van der Waals surface area contributed by atoms with E-state index in [0.29, 0.717) is 13.0 Å². The van der Waals surface area contributed by atoms with Crippen LogP contribution in [0.5, 0.6) is 0 Å². The molecule has 0 saturated carbocycles. The molecule has 6 heteroatoms. The van der Waals surface area contributed by atoms with Crippen LogP contribution in [0.2, 0.25) is 0 Å². The first-order chi connectivity index (χ1) is 15.9. The number of nitrogens with zero attached hydrogens (tertiary/aromatic N) is 3. The van der Waals surface area contributed by atoms with Gasteiger partial charge in [-0.3, -0.25) is 4.79 Å². The van der Waals surface area contributed by atoms with Gasteiger partial charge < -0.3 is 9.80 Å². The lowest BCUT2D eigenvalue weighted by molar-refractivity contribution is -0.129. The van der Waals surface area contributed by atoms with Crippen molar-refractivity contribution in [2.75, 3.05) is 18.0 Å². The van der Waals surface area contributed by atoms with Crippen LogP contribution in [0.4, 0.5) is 10.2 Å². The van der Waals surface area contributed by atoms with Gasteiger partial charge in [0.1, 0.15) is 11.6 Å². The molecular formula is C27H27BrFN3O. The highest BCUT2D eigenvalue weighted by Crippen LogP contribution is 2.43. The first-order valence-electron chi connectivity index (χ1n) is 11.4. The molecule has 1 fully saturated rings. The van der Waals surface area contributed by atoms with Crippen LogP contribution in [0.1, 0.15) is 35.2 Å². The van der Waals surface area contributed by atoms with Crippen LogP contribution in [0.25, 0.3) is 0 Å². The molecule has 170 valence electrons. The van der Waals surface area contributed by atoms with Gasteiger partial charge in [-0.15, -0.1) is 0 Å². The lowest BCUT2D eigenvalue weighted by Gasteiger charge is -2.46. The number of likely N-dealkylation sites (tertiary alicyclic amines) is 1. The number of aryl methyl sites for hydroxylation is 2. The zero-order valence-corrected chi connectivity index (χ0v) is 20.3. The average Bonchev–Trinajstić information content (AvgIpc) is 3.25. The van der Waals surface area contributed by atoms with E-state index in [1.807, 2.05) is 17.9 Å². The third-order valence-corrected chi connectivity index (χ3v) is 7.84. The number of aromatic nitrogens is 1. The number of halogens is 2. The zero-order chi connectivity index (χ0) is 23.0. The van der Waals surface area contributed by atoms with Gasteiger partial charge in [0.2, 0.25) is 5.91 Å². The lowest BCUT2D eigenvalue weighted by Crippen LogP contribution is -2.54. The van der Waals surface area contributed by atoms with E-state index in [0.717, 1.165) is 53.9 Å².